The predicted octanol–water partition coefficient (Wildman–Crippen LogP) is 4.03. The minimum atomic E-state index is -0.274. The zero-order chi connectivity index (χ0) is 18.5. The second-order valence-electron chi connectivity index (χ2n) is 5.39. The van der Waals surface area contributed by atoms with Crippen molar-refractivity contribution in [2.24, 2.45) is 5.10 Å². The zero-order valence-corrected chi connectivity index (χ0v) is 16.6. The maximum Gasteiger partial charge on any atom is 0.259 e. The predicted molar refractivity (Wildman–Crippen MR) is 109 cm³/mol. The third-order valence-electron chi connectivity index (χ3n) is 3.50. The van der Waals surface area contributed by atoms with Gasteiger partial charge in [-0.15, -0.1) is 0 Å². The van der Waals surface area contributed by atoms with Gasteiger partial charge in [0.2, 0.25) is 0 Å². The standard InChI is InChI=1S/C18H14Br2N4O2/c19-14-6-11(7-15(20)18(14)26)9-23-24-17(25)10-22-13-3-4-16-12(8-13)2-1-5-21-16/h1-9,22,26H,10H2,(H,24,25)/b23-9+. The number of nitrogens with zero attached hydrogens (tertiary/aromatic N) is 2. The van der Waals surface area contributed by atoms with E-state index in [4.69, 9.17) is 0 Å². The van der Waals surface area contributed by atoms with E-state index in [-0.39, 0.29) is 18.2 Å². The molecule has 132 valence electrons. The molecule has 26 heavy (non-hydrogen) atoms. The Morgan fingerprint density at radius 1 is 1.19 bits per heavy atom. The number of carbonyl (C=O) groups is 1. The number of anilines is 1. The van der Waals surface area contributed by atoms with Crippen LogP contribution in [-0.2, 0) is 4.79 Å². The van der Waals surface area contributed by atoms with Crippen LogP contribution in [0.25, 0.3) is 10.9 Å². The van der Waals surface area contributed by atoms with E-state index in [0.717, 1.165) is 22.2 Å². The largest absolute Gasteiger partial charge is 0.506 e. The number of nitrogens with one attached hydrogen (secondary N) is 2. The Morgan fingerprint density at radius 2 is 1.96 bits per heavy atom. The summed E-state index contributed by atoms with van der Waals surface area (Å²) in [5.74, 6) is -0.162. The van der Waals surface area contributed by atoms with Crippen LogP contribution in [0.1, 0.15) is 5.56 Å². The lowest BCUT2D eigenvalue weighted by molar-refractivity contribution is -0.119. The van der Waals surface area contributed by atoms with Crippen LogP contribution in [0, 0.1) is 0 Å². The van der Waals surface area contributed by atoms with Crippen molar-refractivity contribution >= 4 is 60.6 Å². The highest BCUT2D eigenvalue weighted by molar-refractivity contribution is 9.11. The van der Waals surface area contributed by atoms with E-state index in [2.05, 4.69) is 52.7 Å². The van der Waals surface area contributed by atoms with Crippen LogP contribution >= 0.6 is 31.9 Å². The fourth-order valence-corrected chi connectivity index (χ4v) is 3.47. The van der Waals surface area contributed by atoms with Gasteiger partial charge in [-0.2, -0.15) is 5.10 Å². The van der Waals surface area contributed by atoms with Crippen LogP contribution in [0.4, 0.5) is 5.69 Å². The van der Waals surface area contributed by atoms with Crippen molar-refractivity contribution in [1.82, 2.24) is 10.4 Å². The molecule has 0 atom stereocenters. The van der Waals surface area contributed by atoms with Crippen LogP contribution in [0.5, 0.6) is 5.75 Å². The molecule has 8 heteroatoms. The van der Waals surface area contributed by atoms with Crippen LogP contribution < -0.4 is 10.7 Å². The van der Waals surface area contributed by atoms with Crippen LogP contribution in [0.2, 0.25) is 0 Å². The fraction of sp³-hybridized carbons (Fsp3) is 0.0556. The molecule has 2 aromatic carbocycles. The molecule has 0 radical (unpaired) electrons. The fourth-order valence-electron chi connectivity index (χ4n) is 2.25. The number of aromatic nitrogens is 1. The molecule has 0 aliphatic carbocycles. The number of halogens is 2. The quantitative estimate of drug-likeness (QED) is 0.382. The number of phenols is 1. The molecule has 6 nitrogen and oxygen atoms in total. The van der Waals surface area contributed by atoms with Crippen molar-refractivity contribution in [2.45, 2.75) is 0 Å². The van der Waals surface area contributed by atoms with Crippen molar-refractivity contribution in [3.8, 4) is 5.75 Å². The highest BCUT2D eigenvalue weighted by atomic mass is 79.9. The molecular formula is C18H14Br2N4O2. The van der Waals surface area contributed by atoms with E-state index < -0.39 is 0 Å². The van der Waals surface area contributed by atoms with Crippen molar-refractivity contribution in [2.75, 3.05) is 11.9 Å². The number of benzene rings is 2. The molecule has 1 heterocycles. The first-order chi connectivity index (χ1) is 12.5. The molecule has 3 aromatic rings. The van der Waals surface area contributed by atoms with Gasteiger partial charge in [0.1, 0.15) is 5.75 Å². The third-order valence-corrected chi connectivity index (χ3v) is 4.71. The average Bonchev–Trinajstić information content (AvgIpc) is 2.64. The number of pyridine rings is 1. The summed E-state index contributed by atoms with van der Waals surface area (Å²) in [5.41, 5.74) is 4.90. The molecule has 0 spiro atoms. The number of aromatic hydroxyl groups is 1. The molecule has 1 amide bonds. The Hall–Kier alpha value is -2.45. The lowest BCUT2D eigenvalue weighted by Crippen LogP contribution is -2.25. The lowest BCUT2D eigenvalue weighted by atomic mass is 10.2. The number of fused-ring (bicyclic) bond motifs is 1. The minimum absolute atomic E-state index is 0.0894. The first-order valence-electron chi connectivity index (χ1n) is 7.61. The average molecular weight is 478 g/mol. The number of rotatable bonds is 5. The highest BCUT2D eigenvalue weighted by Crippen LogP contribution is 2.32. The Bertz CT molecular complexity index is 969. The minimum Gasteiger partial charge on any atom is -0.506 e. The summed E-state index contributed by atoms with van der Waals surface area (Å²) in [4.78, 5) is 16.2. The topological polar surface area (TPSA) is 86.6 Å². The highest BCUT2D eigenvalue weighted by Gasteiger charge is 2.05. The maximum atomic E-state index is 11.9. The first kappa shape index (κ1) is 18.3. The number of hydrogen-bond acceptors (Lipinski definition) is 5. The summed E-state index contributed by atoms with van der Waals surface area (Å²) in [6.45, 7) is 0.0894. The SMILES string of the molecule is O=C(CNc1ccc2ncccc2c1)N/N=C/c1cc(Br)c(O)c(Br)c1. The zero-order valence-electron chi connectivity index (χ0n) is 13.4. The van der Waals surface area contributed by atoms with Gasteiger partial charge in [0.15, 0.2) is 0 Å². The molecule has 3 rings (SSSR count). The summed E-state index contributed by atoms with van der Waals surface area (Å²) in [7, 11) is 0. The van der Waals surface area contributed by atoms with Crippen LogP contribution in [-0.4, -0.2) is 28.8 Å². The lowest BCUT2D eigenvalue weighted by Gasteiger charge is -2.06. The van der Waals surface area contributed by atoms with Crippen LogP contribution in [0.3, 0.4) is 0 Å². The molecule has 0 fully saturated rings. The van der Waals surface area contributed by atoms with Gasteiger partial charge in [-0.3, -0.25) is 9.78 Å². The van der Waals surface area contributed by atoms with Gasteiger partial charge in [0, 0.05) is 17.3 Å². The molecule has 0 saturated carbocycles. The van der Waals surface area contributed by atoms with Gasteiger partial charge in [-0.1, -0.05) is 6.07 Å². The van der Waals surface area contributed by atoms with Crippen molar-refractivity contribution < 1.29 is 9.90 Å². The first-order valence-corrected chi connectivity index (χ1v) is 9.20. The van der Waals surface area contributed by atoms with Crippen molar-refractivity contribution in [3.05, 3.63) is 63.2 Å². The molecule has 0 aliphatic rings. The van der Waals surface area contributed by atoms with Crippen molar-refractivity contribution in [3.63, 3.8) is 0 Å². The van der Waals surface area contributed by atoms with E-state index in [1.807, 2.05) is 30.3 Å². The van der Waals surface area contributed by atoms with Crippen LogP contribution in [0.15, 0.2) is 62.7 Å². The molecule has 3 N–H and O–H groups in total. The van der Waals surface area contributed by atoms with Crippen molar-refractivity contribution in [1.29, 1.82) is 0 Å². The normalized spacial score (nSPS) is 11.0. The summed E-state index contributed by atoms with van der Waals surface area (Å²) < 4.78 is 1.07. The van der Waals surface area contributed by atoms with E-state index in [1.54, 1.807) is 18.3 Å². The molecule has 0 saturated heterocycles. The molecule has 0 aliphatic heterocycles. The number of phenolic OH excluding ortho intramolecular Hbond substituents is 1. The van der Waals surface area contributed by atoms with Gasteiger partial charge in [-0.25, -0.2) is 5.43 Å². The summed E-state index contributed by atoms with van der Waals surface area (Å²) in [6.07, 6.45) is 3.24. The van der Waals surface area contributed by atoms with E-state index in [1.165, 1.54) is 6.21 Å². The Morgan fingerprint density at radius 3 is 2.73 bits per heavy atom. The molecule has 0 bridgehead atoms. The van der Waals surface area contributed by atoms with Gasteiger partial charge in [-0.05, 0) is 73.8 Å². The van der Waals surface area contributed by atoms with E-state index in [0.29, 0.717) is 8.95 Å². The Kier molecular flexibility index (Phi) is 5.85. The summed E-state index contributed by atoms with van der Waals surface area (Å²) >= 11 is 6.48. The number of hydrazone groups is 1. The maximum absolute atomic E-state index is 11.9. The molecule has 1 aromatic heterocycles. The Balaban J connectivity index is 1.55. The molecular weight excluding hydrogens is 464 g/mol. The van der Waals surface area contributed by atoms with Gasteiger partial charge in [0.25, 0.3) is 5.91 Å². The Labute approximate surface area is 166 Å². The van der Waals surface area contributed by atoms with E-state index in [9.17, 15) is 9.90 Å². The number of carbonyl (C=O) groups excluding carboxylic acids is 1. The number of amides is 1. The monoisotopic (exact) mass is 476 g/mol. The van der Waals surface area contributed by atoms with E-state index >= 15 is 0 Å². The second-order valence-corrected chi connectivity index (χ2v) is 7.10. The van der Waals surface area contributed by atoms with Gasteiger partial charge < -0.3 is 10.4 Å². The molecule has 0 unspecified atom stereocenters. The third kappa shape index (κ3) is 4.59. The second kappa shape index (κ2) is 8.29. The van der Waals surface area contributed by atoms with Gasteiger partial charge in [0.05, 0.1) is 27.2 Å². The summed E-state index contributed by atoms with van der Waals surface area (Å²) in [6, 6.07) is 12.9. The summed E-state index contributed by atoms with van der Waals surface area (Å²) in [5, 5.41) is 17.6. The van der Waals surface area contributed by atoms with Gasteiger partial charge >= 0.3 is 0 Å². The number of hydrogen-bond donors (Lipinski definition) is 3. The smallest absolute Gasteiger partial charge is 0.259 e.